The summed E-state index contributed by atoms with van der Waals surface area (Å²) in [4.78, 5) is 0. The Morgan fingerprint density at radius 1 is 0.667 bits per heavy atom. The predicted molar refractivity (Wildman–Crippen MR) is 147 cm³/mol. The van der Waals surface area contributed by atoms with Crippen LogP contribution in [0.4, 0.5) is 0 Å². The maximum atomic E-state index is 2.56. The zero-order valence-corrected chi connectivity index (χ0v) is 22.9. The number of allylic oxidation sites excluding steroid dienone is 4. The molecule has 3 rings (SSSR count). The Bertz CT molecular complexity index is 976. The summed E-state index contributed by atoms with van der Waals surface area (Å²) in [5.41, 5.74) is 12.0. The Kier molecular flexibility index (Phi) is 7.18. The lowest BCUT2D eigenvalue weighted by molar-refractivity contribution is 0.494. The molecule has 33 heavy (non-hydrogen) atoms. The second-order valence-electron chi connectivity index (χ2n) is 12.0. The Morgan fingerprint density at radius 2 is 1.03 bits per heavy atom. The molecule has 1 aliphatic rings. The van der Waals surface area contributed by atoms with E-state index in [2.05, 4.69) is 118 Å². The molecule has 0 aromatic heterocycles. The molecule has 0 spiro atoms. The van der Waals surface area contributed by atoms with E-state index in [-0.39, 0.29) is 16.2 Å². The van der Waals surface area contributed by atoms with E-state index in [0.29, 0.717) is 0 Å². The third-order valence-corrected chi connectivity index (χ3v) is 8.41. The van der Waals surface area contributed by atoms with Crippen LogP contribution in [-0.4, -0.2) is 0 Å². The highest BCUT2D eigenvalue weighted by atomic mass is 14.5. The molecule has 0 bridgehead atoms. The minimum Gasteiger partial charge on any atom is -0.0847 e. The molecule has 2 aromatic carbocycles. The van der Waals surface area contributed by atoms with E-state index in [9.17, 15) is 0 Å². The van der Waals surface area contributed by atoms with Crippen molar-refractivity contribution in [1.29, 1.82) is 0 Å². The van der Waals surface area contributed by atoms with Gasteiger partial charge in [-0.15, -0.1) is 0 Å². The molecule has 0 atom stereocenters. The highest BCUT2D eigenvalue weighted by Gasteiger charge is 2.43. The van der Waals surface area contributed by atoms with Gasteiger partial charge in [0, 0.05) is 5.41 Å². The zero-order chi connectivity index (χ0) is 24.6. The molecule has 0 radical (unpaired) electrons. The molecule has 2 aromatic rings. The van der Waals surface area contributed by atoms with Crippen molar-refractivity contribution in [3.05, 3.63) is 82.0 Å². The van der Waals surface area contributed by atoms with Gasteiger partial charge in [0.05, 0.1) is 0 Å². The van der Waals surface area contributed by atoms with Crippen molar-refractivity contribution in [2.24, 2.45) is 0 Å². The Labute approximate surface area is 204 Å². The highest BCUT2D eigenvalue weighted by Crippen LogP contribution is 2.55. The summed E-state index contributed by atoms with van der Waals surface area (Å²) in [6.07, 6.45) is 9.31. The van der Waals surface area contributed by atoms with Crippen LogP contribution in [0.25, 0.3) is 11.1 Å². The average molecular weight is 443 g/mol. The number of rotatable bonds is 8. The van der Waals surface area contributed by atoms with Crippen molar-refractivity contribution in [2.75, 3.05) is 0 Å². The van der Waals surface area contributed by atoms with Crippen LogP contribution in [0.3, 0.4) is 0 Å². The molecular formula is C33H46. The van der Waals surface area contributed by atoms with Gasteiger partial charge in [0.2, 0.25) is 0 Å². The summed E-state index contributed by atoms with van der Waals surface area (Å²) in [5, 5.41) is 0. The predicted octanol–water partition coefficient (Wildman–Crippen LogP) is 10.0. The lowest BCUT2D eigenvalue weighted by Gasteiger charge is -2.34. The van der Waals surface area contributed by atoms with E-state index in [1.165, 1.54) is 44.5 Å². The van der Waals surface area contributed by atoms with Crippen molar-refractivity contribution in [3.63, 3.8) is 0 Å². The van der Waals surface area contributed by atoms with Gasteiger partial charge in [-0.1, -0.05) is 101 Å². The molecule has 0 unspecified atom stereocenters. The normalized spacial score (nSPS) is 14.5. The summed E-state index contributed by atoms with van der Waals surface area (Å²) in [7, 11) is 0. The molecule has 0 N–H and O–H groups in total. The lowest BCUT2D eigenvalue weighted by Crippen LogP contribution is -2.26. The fourth-order valence-corrected chi connectivity index (χ4v) is 5.03. The molecular weight excluding hydrogens is 396 g/mol. The van der Waals surface area contributed by atoms with Gasteiger partial charge >= 0.3 is 0 Å². The van der Waals surface area contributed by atoms with Gasteiger partial charge < -0.3 is 0 Å². The fraction of sp³-hybridized carbons (Fsp3) is 0.515. The first-order chi connectivity index (χ1) is 15.4. The molecule has 0 heterocycles. The van der Waals surface area contributed by atoms with E-state index < -0.39 is 0 Å². The smallest absolute Gasteiger partial charge is 0.0284 e. The number of benzene rings is 2. The van der Waals surface area contributed by atoms with E-state index >= 15 is 0 Å². The van der Waals surface area contributed by atoms with Gasteiger partial charge in [-0.2, -0.15) is 0 Å². The van der Waals surface area contributed by atoms with E-state index in [0.717, 1.165) is 25.7 Å². The first-order valence-electron chi connectivity index (χ1n) is 12.9. The van der Waals surface area contributed by atoms with Crippen LogP contribution in [0.2, 0.25) is 0 Å². The lowest BCUT2D eigenvalue weighted by atomic mass is 9.69. The summed E-state index contributed by atoms with van der Waals surface area (Å²) in [5.74, 6) is 0. The minimum absolute atomic E-state index is 0.0150. The number of hydrogen-bond donors (Lipinski definition) is 0. The standard InChI is InChI=1S/C33H46/c1-11-31(7,8)25-13-15-27-28-16-14-26(32(9,10)12-2)22-30(28)33(29(27)21-25,19-17-23(3)4)20-18-24(5)6/h13-18,21-22H,11-12,19-20H2,1-10H3. The van der Waals surface area contributed by atoms with Crippen LogP contribution < -0.4 is 0 Å². The SMILES string of the molecule is CCC(C)(C)c1ccc2c(c1)C(CC=C(C)C)(CC=C(C)C)c1cc(C(C)(C)CC)ccc1-2. The quantitative estimate of drug-likeness (QED) is 0.357. The maximum absolute atomic E-state index is 2.56. The first kappa shape index (κ1) is 25.5. The molecule has 0 saturated heterocycles. The first-order valence-corrected chi connectivity index (χ1v) is 12.9. The third-order valence-electron chi connectivity index (χ3n) is 8.41. The fourth-order valence-electron chi connectivity index (χ4n) is 5.03. The van der Waals surface area contributed by atoms with Crippen LogP contribution in [-0.2, 0) is 16.2 Å². The van der Waals surface area contributed by atoms with E-state index in [1.54, 1.807) is 0 Å². The zero-order valence-electron chi connectivity index (χ0n) is 22.9. The summed E-state index contributed by atoms with van der Waals surface area (Å²) in [6, 6.07) is 14.7. The number of hydrogen-bond acceptors (Lipinski definition) is 0. The summed E-state index contributed by atoms with van der Waals surface area (Å²) < 4.78 is 0. The van der Waals surface area contributed by atoms with Crippen LogP contribution in [0, 0.1) is 0 Å². The van der Waals surface area contributed by atoms with Gasteiger partial charge in [0.1, 0.15) is 0 Å². The molecule has 0 aliphatic heterocycles. The minimum atomic E-state index is -0.0150. The molecule has 0 nitrogen and oxygen atoms in total. The van der Waals surface area contributed by atoms with Crippen molar-refractivity contribution < 1.29 is 0 Å². The van der Waals surface area contributed by atoms with Crippen molar-refractivity contribution >= 4 is 0 Å². The van der Waals surface area contributed by atoms with Gasteiger partial charge in [-0.25, -0.2) is 0 Å². The van der Waals surface area contributed by atoms with Crippen LogP contribution in [0.15, 0.2) is 59.7 Å². The van der Waals surface area contributed by atoms with Gasteiger partial charge in [-0.05, 0) is 97.6 Å². The summed E-state index contributed by atoms with van der Waals surface area (Å²) in [6.45, 7) is 23.1. The van der Waals surface area contributed by atoms with E-state index in [1.807, 2.05) is 0 Å². The molecule has 0 heteroatoms. The molecule has 178 valence electrons. The van der Waals surface area contributed by atoms with Crippen molar-refractivity contribution in [2.45, 2.75) is 111 Å². The van der Waals surface area contributed by atoms with E-state index in [4.69, 9.17) is 0 Å². The van der Waals surface area contributed by atoms with Crippen LogP contribution in [0.1, 0.15) is 117 Å². The summed E-state index contributed by atoms with van der Waals surface area (Å²) >= 11 is 0. The average Bonchev–Trinajstić information content (AvgIpc) is 3.05. The van der Waals surface area contributed by atoms with Gasteiger partial charge in [-0.3, -0.25) is 0 Å². The second-order valence-corrected chi connectivity index (χ2v) is 12.0. The Balaban J connectivity index is 2.37. The van der Waals surface area contributed by atoms with Crippen molar-refractivity contribution in [1.82, 2.24) is 0 Å². The van der Waals surface area contributed by atoms with Gasteiger partial charge in [0.25, 0.3) is 0 Å². The van der Waals surface area contributed by atoms with Crippen LogP contribution >= 0.6 is 0 Å². The Hall–Kier alpha value is -2.08. The topological polar surface area (TPSA) is 0 Å². The number of fused-ring (bicyclic) bond motifs is 3. The molecule has 1 aliphatic carbocycles. The second kappa shape index (κ2) is 9.28. The van der Waals surface area contributed by atoms with Gasteiger partial charge in [0.15, 0.2) is 0 Å². The maximum Gasteiger partial charge on any atom is 0.0284 e. The molecule has 0 fully saturated rings. The molecule has 0 amide bonds. The van der Waals surface area contributed by atoms with Crippen molar-refractivity contribution in [3.8, 4) is 11.1 Å². The monoisotopic (exact) mass is 442 g/mol. The highest BCUT2D eigenvalue weighted by molar-refractivity contribution is 5.82. The largest absolute Gasteiger partial charge is 0.0847 e. The van der Waals surface area contributed by atoms with Crippen LogP contribution in [0.5, 0.6) is 0 Å². The molecule has 0 saturated carbocycles. The third kappa shape index (κ3) is 4.77. The Morgan fingerprint density at radius 3 is 1.33 bits per heavy atom.